The van der Waals surface area contributed by atoms with Gasteiger partial charge >= 0.3 is 0 Å². The molecule has 28 heavy (non-hydrogen) atoms. The SMILES string of the molecule is O=CC1(Cc2ccccc2)C2C3CCC4C5C6CCC7C6C6C5C(C43)C2C6C71. The summed E-state index contributed by atoms with van der Waals surface area (Å²) in [6.45, 7) is 0. The van der Waals surface area contributed by atoms with Crippen LogP contribution in [0.15, 0.2) is 30.3 Å². The van der Waals surface area contributed by atoms with Crippen molar-refractivity contribution in [3.05, 3.63) is 35.9 Å². The van der Waals surface area contributed by atoms with E-state index in [0.29, 0.717) is 0 Å². The minimum absolute atomic E-state index is 0.0229. The summed E-state index contributed by atoms with van der Waals surface area (Å²) in [5, 5.41) is 0. The minimum Gasteiger partial charge on any atom is -0.303 e. The van der Waals surface area contributed by atoms with Crippen molar-refractivity contribution in [2.45, 2.75) is 32.1 Å². The number of benzene rings is 1. The lowest BCUT2D eigenvalue weighted by atomic mass is 9.61. The number of hydrogen-bond acceptors (Lipinski definition) is 1. The Morgan fingerprint density at radius 1 is 0.679 bits per heavy atom. The first-order valence-corrected chi connectivity index (χ1v) is 12.4. The summed E-state index contributed by atoms with van der Waals surface area (Å²) in [5.41, 5.74) is 1.41. The molecule has 12 atom stereocenters. The van der Waals surface area contributed by atoms with Gasteiger partial charge in [-0.3, -0.25) is 0 Å². The Morgan fingerprint density at radius 2 is 1.18 bits per heavy atom. The topological polar surface area (TPSA) is 17.1 Å². The summed E-state index contributed by atoms with van der Waals surface area (Å²) in [6, 6.07) is 11.1. The van der Waals surface area contributed by atoms with Crippen molar-refractivity contribution in [3.8, 4) is 0 Å². The summed E-state index contributed by atoms with van der Waals surface area (Å²) in [6.07, 6.45) is 8.59. The molecule has 0 N–H and O–H groups in total. The molecule has 0 bridgehead atoms. The van der Waals surface area contributed by atoms with Crippen molar-refractivity contribution in [2.75, 3.05) is 0 Å². The lowest BCUT2D eigenvalue weighted by Crippen LogP contribution is -2.43. The zero-order chi connectivity index (χ0) is 17.9. The fourth-order valence-corrected chi connectivity index (χ4v) is 13.4. The smallest absolute Gasteiger partial charge is 0.127 e. The van der Waals surface area contributed by atoms with E-state index < -0.39 is 0 Å². The molecule has 144 valence electrons. The standard InChI is InChI=1S/C27H30O/c28-11-27(10-12-4-2-1-3-5-12)25-15-8-6-13-17-14-7-9-16-19(14)22-20(17)21(18(13)15)23(25)24(22)26(16)27/h1-5,11,13-26H,6-10H2. The minimum atomic E-state index is -0.0229. The molecule has 8 aliphatic rings. The van der Waals surface area contributed by atoms with E-state index in [4.69, 9.17) is 0 Å². The molecular weight excluding hydrogens is 340 g/mol. The molecule has 0 saturated heterocycles. The first kappa shape index (κ1) is 14.8. The summed E-state index contributed by atoms with van der Waals surface area (Å²) in [7, 11) is 0. The van der Waals surface area contributed by atoms with Crippen molar-refractivity contribution in [2.24, 2.45) is 88.3 Å². The van der Waals surface area contributed by atoms with E-state index >= 15 is 0 Å². The molecule has 1 aromatic rings. The fraction of sp³-hybridized carbons (Fsp3) is 0.741. The molecule has 0 amide bonds. The highest BCUT2D eigenvalue weighted by atomic mass is 16.1. The third kappa shape index (κ3) is 1.20. The van der Waals surface area contributed by atoms with Crippen LogP contribution in [0.2, 0.25) is 0 Å². The number of rotatable bonds is 3. The van der Waals surface area contributed by atoms with Gasteiger partial charge in [-0.15, -0.1) is 0 Å². The largest absolute Gasteiger partial charge is 0.303 e. The third-order valence-electron chi connectivity index (χ3n) is 12.8. The first-order valence-electron chi connectivity index (χ1n) is 12.4. The molecule has 8 saturated carbocycles. The molecule has 1 aromatic carbocycles. The quantitative estimate of drug-likeness (QED) is 0.704. The lowest BCUT2D eigenvalue weighted by molar-refractivity contribution is -0.123. The van der Waals surface area contributed by atoms with Crippen LogP contribution in [0.4, 0.5) is 0 Å². The van der Waals surface area contributed by atoms with Crippen LogP contribution in [0.25, 0.3) is 0 Å². The summed E-state index contributed by atoms with van der Waals surface area (Å²) >= 11 is 0. The molecule has 0 radical (unpaired) electrons. The number of carbonyl (C=O) groups excluding carboxylic acids is 1. The van der Waals surface area contributed by atoms with Crippen molar-refractivity contribution < 1.29 is 4.79 Å². The first-order chi connectivity index (χ1) is 13.8. The molecule has 8 aliphatic carbocycles. The number of aldehydes is 1. The maximum absolute atomic E-state index is 13.2. The Morgan fingerprint density at radius 3 is 1.75 bits per heavy atom. The van der Waals surface area contributed by atoms with Crippen molar-refractivity contribution >= 4 is 6.29 Å². The van der Waals surface area contributed by atoms with Gasteiger partial charge in [0.2, 0.25) is 0 Å². The highest BCUT2D eigenvalue weighted by molar-refractivity contribution is 5.65. The van der Waals surface area contributed by atoms with Gasteiger partial charge in [-0.25, -0.2) is 0 Å². The molecule has 0 heterocycles. The monoisotopic (exact) mass is 370 g/mol. The van der Waals surface area contributed by atoms with Crippen LogP contribution in [0.3, 0.4) is 0 Å². The Hall–Kier alpha value is -1.11. The average molecular weight is 371 g/mol. The van der Waals surface area contributed by atoms with Crippen LogP contribution in [-0.2, 0) is 11.2 Å². The van der Waals surface area contributed by atoms with Gasteiger partial charge in [-0.1, -0.05) is 30.3 Å². The summed E-state index contributed by atoms with van der Waals surface area (Å²) < 4.78 is 0. The van der Waals surface area contributed by atoms with E-state index in [0.717, 1.165) is 89.3 Å². The van der Waals surface area contributed by atoms with Crippen molar-refractivity contribution in [1.29, 1.82) is 0 Å². The molecule has 9 rings (SSSR count). The number of hydrogen-bond donors (Lipinski definition) is 0. The van der Waals surface area contributed by atoms with Gasteiger partial charge in [-0.05, 0) is 121 Å². The van der Waals surface area contributed by atoms with E-state index in [-0.39, 0.29) is 5.41 Å². The van der Waals surface area contributed by atoms with E-state index in [1.54, 1.807) is 6.29 Å². The number of carbonyl (C=O) groups is 1. The van der Waals surface area contributed by atoms with Crippen LogP contribution in [0, 0.1) is 88.3 Å². The predicted octanol–water partition coefficient (Wildman–Crippen LogP) is 4.71. The Kier molecular flexibility index (Phi) is 2.29. The second kappa shape index (κ2) is 4.33. The fourth-order valence-electron chi connectivity index (χ4n) is 13.4. The third-order valence-corrected chi connectivity index (χ3v) is 12.8. The zero-order valence-corrected chi connectivity index (χ0v) is 16.5. The normalized spacial score (nSPS) is 67.1. The molecule has 1 heteroatoms. The van der Waals surface area contributed by atoms with E-state index in [1.165, 1.54) is 31.2 Å². The van der Waals surface area contributed by atoms with Crippen LogP contribution in [-0.4, -0.2) is 6.29 Å². The van der Waals surface area contributed by atoms with Gasteiger partial charge in [0, 0.05) is 5.41 Å². The Balaban J connectivity index is 1.31. The molecule has 0 aliphatic heterocycles. The van der Waals surface area contributed by atoms with Gasteiger partial charge in [0.25, 0.3) is 0 Å². The molecule has 12 unspecified atom stereocenters. The maximum atomic E-state index is 13.2. The van der Waals surface area contributed by atoms with Crippen LogP contribution in [0.1, 0.15) is 31.2 Å². The highest BCUT2D eigenvalue weighted by Crippen LogP contribution is 2.90. The molecular formula is C27H30O. The second-order valence-electron chi connectivity index (χ2n) is 12.4. The second-order valence-corrected chi connectivity index (χ2v) is 12.4. The maximum Gasteiger partial charge on any atom is 0.127 e. The van der Waals surface area contributed by atoms with Crippen molar-refractivity contribution in [1.82, 2.24) is 0 Å². The lowest BCUT2D eigenvalue weighted by Gasteiger charge is -2.42. The zero-order valence-electron chi connectivity index (χ0n) is 16.5. The summed E-state index contributed by atoms with van der Waals surface area (Å²) in [5.74, 6) is 13.7. The molecule has 8 fully saturated rings. The van der Waals surface area contributed by atoms with E-state index in [9.17, 15) is 4.79 Å². The van der Waals surface area contributed by atoms with Crippen LogP contribution >= 0.6 is 0 Å². The van der Waals surface area contributed by atoms with Crippen molar-refractivity contribution in [3.63, 3.8) is 0 Å². The van der Waals surface area contributed by atoms with Gasteiger partial charge in [0.1, 0.15) is 6.29 Å². The van der Waals surface area contributed by atoms with Crippen LogP contribution in [0.5, 0.6) is 0 Å². The molecule has 0 spiro atoms. The van der Waals surface area contributed by atoms with Gasteiger partial charge < -0.3 is 4.79 Å². The van der Waals surface area contributed by atoms with E-state index in [1.807, 2.05) is 0 Å². The molecule has 1 nitrogen and oxygen atoms in total. The highest BCUT2D eigenvalue weighted by Gasteiger charge is 2.87. The predicted molar refractivity (Wildman–Crippen MR) is 106 cm³/mol. The van der Waals surface area contributed by atoms with Gasteiger partial charge in [0.15, 0.2) is 0 Å². The Bertz CT molecular complexity index is 858. The molecule has 0 aromatic heterocycles. The van der Waals surface area contributed by atoms with Gasteiger partial charge in [-0.2, -0.15) is 0 Å². The Labute approximate surface area is 167 Å². The van der Waals surface area contributed by atoms with E-state index in [2.05, 4.69) is 30.3 Å². The average Bonchev–Trinajstić information content (AvgIpc) is 3.48. The van der Waals surface area contributed by atoms with Gasteiger partial charge in [0.05, 0.1) is 0 Å². The number of fused-ring (bicyclic) bond motifs is 4. The van der Waals surface area contributed by atoms with Crippen LogP contribution < -0.4 is 0 Å². The summed E-state index contributed by atoms with van der Waals surface area (Å²) in [4.78, 5) is 13.2.